The lowest BCUT2D eigenvalue weighted by atomic mass is 9.87. The molecule has 2 amide bonds. The third kappa shape index (κ3) is 12.7. The van der Waals surface area contributed by atoms with E-state index in [0.29, 0.717) is 19.4 Å². The second-order valence-electron chi connectivity index (χ2n) is 11.5. The van der Waals surface area contributed by atoms with Crippen LogP contribution in [0.15, 0.2) is 36.0 Å². The average molecular weight is 597 g/mol. The molecule has 3 N–H and O–H groups in total. The number of aliphatic hydroxyl groups is 1. The fourth-order valence-electron chi connectivity index (χ4n) is 5.21. The van der Waals surface area contributed by atoms with Crippen molar-refractivity contribution < 1.29 is 33.7 Å². The van der Waals surface area contributed by atoms with E-state index >= 15 is 0 Å². The quantitative estimate of drug-likeness (QED) is 0.126. The van der Waals surface area contributed by atoms with Gasteiger partial charge in [0.1, 0.15) is 6.10 Å². The largest absolute Gasteiger partial charge is 0.459 e. The number of nitrogens with one attached hydrogen (secondary N) is 2. The van der Waals surface area contributed by atoms with Gasteiger partial charge < -0.3 is 30.0 Å². The molecular formula is C31H49ClN2O7. The molecule has 0 saturated carbocycles. The first kappa shape index (κ1) is 35.0. The van der Waals surface area contributed by atoms with Crippen LogP contribution in [0.25, 0.3) is 0 Å². The molecule has 8 atom stereocenters. The summed E-state index contributed by atoms with van der Waals surface area (Å²) in [4.78, 5) is 35.6. The van der Waals surface area contributed by atoms with Gasteiger partial charge in [-0.05, 0) is 52.0 Å². The maximum atomic E-state index is 12.4. The fourth-order valence-corrected chi connectivity index (χ4v) is 5.43. The van der Waals surface area contributed by atoms with E-state index in [4.69, 9.17) is 25.8 Å². The molecule has 41 heavy (non-hydrogen) atoms. The summed E-state index contributed by atoms with van der Waals surface area (Å²) in [5, 5.41) is 16.8. The Bertz CT molecular complexity index is 968. The molecule has 0 aromatic rings. The summed E-state index contributed by atoms with van der Waals surface area (Å²) in [5.74, 6) is -0.408. The molecule has 2 aliphatic rings. The van der Waals surface area contributed by atoms with E-state index in [9.17, 15) is 19.5 Å². The molecule has 0 aromatic carbocycles. The first-order valence-corrected chi connectivity index (χ1v) is 15.2. The van der Waals surface area contributed by atoms with Crippen molar-refractivity contribution in [2.75, 3.05) is 12.4 Å². The molecule has 0 aliphatic carbocycles. The van der Waals surface area contributed by atoms with Crippen LogP contribution in [-0.4, -0.2) is 77.5 Å². The van der Waals surface area contributed by atoms with Gasteiger partial charge in [0, 0.05) is 32.4 Å². The Kier molecular flexibility index (Phi) is 14.6. The van der Waals surface area contributed by atoms with Crippen LogP contribution in [-0.2, 0) is 28.6 Å². The molecule has 2 saturated heterocycles. The summed E-state index contributed by atoms with van der Waals surface area (Å²) in [5.41, 5.74) is -0.0388. The fraction of sp³-hybridized carbons (Fsp3) is 0.710. The zero-order valence-corrected chi connectivity index (χ0v) is 26.1. The van der Waals surface area contributed by atoms with Gasteiger partial charge in [-0.2, -0.15) is 0 Å². The Morgan fingerprint density at radius 1 is 1.17 bits per heavy atom. The van der Waals surface area contributed by atoms with Crippen LogP contribution in [0.2, 0.25) is 0 Å². The Morgan fingerprint density at radius 3 is 2.56 bits per heavy atom. The minimum Gasteiger partial charge on any atom is -0.459 e. The number of carbonyl (C=O) groups excluding carboxylic acids is 3. The lowest BCUT2D eigenvalue weighted by Crippen LogP contribution is -2.50. The predicted molar refractivity (Wildman–Crippen MR) is 159 cm³/mol. The molecule has 9 nitrogen and oxygen atoms in total. The number of ether oxygens (including phenoxy) is 3. The minimum absolute atomic E-state index is 0.0133. The first-order chi connectivity index (χ1) is 19.3. The maximum Gasteiger partial charge on any atom is 0.303 e. The lowest BCUT2D eigenvalue weighted by molar-refractivity contribution is -0.143. The van der Waals surface area contributed by atoms with Gasteiger partial charge >= 0.3 is 5.97 Å². The standard InChI is InChI=1S/C31H49ClN2O7/c1-7-14-33-30(37)16-26-18-31(38,19-32)17-25(41-26)11-8-20(2)9-12-28-21(3)15-27(23(5)40-28)34-29(36)13-10-22(4)39-24(6)35/h8-11,13,21-23,25-28,38H,7,12,14-19H2,1-6H3,(H,33,37)(H,34,36)/t21-,22-,23+,25+,26+,27+,28-,31+/m0/s1. The highest BCUT2D eigenvalue weighted by molar-refractivity contribution is 6.18. The molecule has 2 heterocycles. The Hall–Kier alpha value is -2.20. The number of carbonyl (C=O) groups is 3. The Labute approximate surface area is 250 Å². The van der Waals surface area contributed by atoms with Crippen molar-refractivity contribution in [3.63, 3.8) is 0 Å². The number of rotatable bonds is 13. The van der Waals surface area contributed by atoms with E-state index in [1.165, 1.54) is 13.0 Å². The number of hydrogen-bond acceptors (Lipinski definition) is 7. The van der Waals surface area contributed by atoms with E-state index in [0.717, 1.165) is 24.8 Å². The summed E-state index contributed by atoms with van der Waals surface area (Å²) < 4.78 is 17.4. The number of allylic oxidation sites excluding steroid dienone is 2. The molecule has 0 spiro atoms. The molecule has 0 unspecified atom stereocenters. The van der Waals surface area contributed by atoms with Crippen molar-refractivity contribution in [1.82, 2.24) is 10.6 Å². The second kappa shape index (κ2) is 17.0. The van der Waals surface area contributed by atoms with Crippen LogP contribution in [0.5, 0.6) is 0 Å². The molecule has 232 valence electrons. The van der Waals surface area contributed by atoms with Gasteiger partial charge in [-0.1, -0.05) is 37.6 Å². The van der Waals surface area contributed by atoms with Gasteiger partial charge in [0.25, 0.3) is 0 Å². The van der Waals surface area contributed by atoms with E-state index in [2.05, 4.69) is 23.6 Å². The van der Waals surface area contributed by atoms with Crippen LogP contribution in [0.1, 0.15) is 80.1 Å². The third-order valence-corrected chi connectivity index (χ3v) is 7.95. The topological polar surface area (TPSA) is 123 Å². The van der Waals surface area contributed by atoms with Crippen molar-refractivity contribution in [2.45, 2.75) is 122 Å². The minimum atomic E-state index is -1.08. The normalized spacial score (nSPS) is 31.7. The lowest BCUT2D eigenvalue weighted by Gasteiger charge is -2.39. The van der Waals surface area contributed by atoms with Crippen LogP contribution in [0.3, 0.4) is 0 Å². The van der Waals surface area contributed by atoms with Crippen molar-refractivity contribution in [2.24, 2.45) is 5.92 Å². The number of halogens is 1. The van der Waals surface area contributed by atoms with Crippen LogP contribution in [0, 0.1) is 5.92 Å². The average Bonchev–Trinajstić information content (AvgIpc) is 2.90. The van der Waals surface area contributed by atoms with Gasteiger partial charge in [0.2, 0.25) is 11.8 Å². The summed E-state index contributed by atoms with van der Waals surface area (Å²) in [7, 11) is 0. The van der Waals surface area contributed by atoms with Crippen LogP contribution < -0.4 is 10.6 Å². The first-order valence-electron chi connectivity index (χ1n) is 14.7. The Balaban J connectivity index is 1.89. The molecule has 2 aliphatic heterocycles. The summed E-state index contributed by atoms with van der Waals surface area (Å²) in [6.07, 6.45) is 10.9. The summed E-state index contributed by atoms with van der Waals surface area (Å²) >= 11 is 6.08. The highest BCUT2D eigenvalue weighted by atomic mass is 35.5. The molecule has 0 aromatic heterocycles. The van der Waals surface area contributed by atoms with E-state index < -0.39 is 23.8 Å². The van der Waals surface area contributed by atoms with Gasteiger partial charge in [0.05, 0.1) is 48.4 Å². The SMILES string of the molecule is CCCNC(=O)C[C@@H]1C[C@@](O)(CCl)C[C@@H](C=CC(C)=CC[C@@H]2O[C@H](C)[C@H](NC(=O)C=C[C@H](C)OC(C)=O)C[C@@H]2C)O1. The maximum absolute atomic E-state index is 12.4. The summed E-state index contributed by atoms with van der Waals surface area (Å²) in [6, 6.07) is -0.117. The highest BCUT2D eigenvalue weighted by Crippen LogP contribution is 2.32. The molecule has 2 fully saturated rings. The number of hydrogen-bond donors (Lipinski definition) is 3. The number of esters is 1. The monoisotopic (exact) mass is 596 g/mol. The number of amides is 2. The third-order valence-electron chi connectivity index (χ3n) is 7.45. The van der Waals surface area contributed by atoms with Crippen molar-refractivity contribution in [3.05, 3.63) is 36.0 Å². The van der Waals surface area contributed by atoms with Gasteiger partial charge in [-0.15, -0.1) is 11.6 Å². The van der Waals surface area contributed by atoms with Crippen molar-refractivity contribution >= 4 is 29.4 Å². The molecule has 0 bridgehead atoms. The van der Waals surface area contributed by atoms with Crippen LogP contribution in [0.4, 0.5) is 0 Å². The van der Waals surface area contributed by atoms with Gasteiger partial charge in [-0.3, -0.25) is 14.4 Å². The van der Waals surface area contributed by atoms with Crippen molar-refractivity contribution in [1.29, 1.82) is 0 Å². The smallest absolute Gasteiger partial charge is 0.303 e. The highest BCUT2D eigenvalue weighted by Gasteiger charge is 2.39. The molecule has 2 rings (SSSR count). The van der Waals surface area contributed by atoms with E-state index in [1.807, 2.05) is 32.9 Å². The molecule has 10 heteroatoms. The van der Waals surface area contributed by atoms with Crippen LogP contribution >= 0.6 is 11.6 Å². The Morgan fingerprint density at radius 2 is 1.90 bits per heavy atom. The zero-order valence-electron chi connectivity index (χ0n) is 25.4. The zero-order chi connectivity index (χ0) is 30.6. The number of alkyl halides is 1. The predicted octanol–water partition coefficient (Wildman–Crippen LogP) is 4.12. The van der Waals surface area contributed by atoms with Gasteiger partial charge in [-0.25, -0.2) is 0 Å². The second-order valence-corrected chi connectivity index (χ2v) is 11.8. The molecule has 0 radical (unpaired) electrons. The van der Waals surface area contributed by atoms with E-state index in [1.54, 1.807) is 13.0 Å². The summed E-state index contributed by atoms with van der Waals surface area (Å²) in [6.45, 7) is 11.7. The van der Waals surface area contributed by atoms with Crippen molar-refractivity contribution in [3.8, 4) is 0 Å². The van der Waals surface area contributed by atoms with Gasteiger partial charge in [0.15, 0.2) is 0 Å². The van der Waals surface area contributed by atoms with E-state index in [-0.39, 0.29) is 54.4 Å². The molecular weight excluding hydrogens is 548 g/mol.